The van der Waals surface area contributed by atoms with Crippen molar-refractivity contribution in [3.05, 3.63) is 11.7 Å². The Bertz CT molecular complexity index is 379. The lowest BCUT2D eigenvalue weighted by Gasteiger charge is -2.01. The number of rotatable bonds is 3. The summed E-state index contributed by atoms with van der Waals surface area (Å²) in [6, 6.07) is -0.161. The van der Waals surface area contributed by atoms with Crippen molar-refractivity contribution in [2.24, 2.45) is 0 Å². The monoisotopic (exact) mass is 226 g/mol. The highest BCUT2D eigenvalue weighted by atomic mass is 16.5. The second-order valence-electron chi connectivity index (χ2n) is 3.67. The third-order valence-electron chi connectivity index (χ3n) is 2.39. The highest BCUT2D eigenvalue weighted by Crippen LogP contribution is 2.21. The summed E-state index contributed by atoms with van der Waals surface area (Å²) < 4.78 is 4.97. The Morgan fingerprint density at radius 1 is 1.75 bits per heavy atom. The quantitative estimate of drug-likeness (QED) is 0.624. The summed E-state index contributed by atoms with van der Waals surface area (Å²) >= 11 is 0. The summed E-state index contributed by atoms with van der Waals surface area (Å²) in [5, 5.41) is 18.5. The fourth-order valence-electron chi connectivity index (χ4n) is 1.61. The molecule has 1 aromatic rings. The van der Waals surface area contributed by atoms with Crippen LogP contribution in [0.4, 0.5) is 0 Å². The number of aliphatic hydroxyl groups is 1. The van der Waals surface area contributed by atoms with Crippen LogP contribution in [-0.2, 0) is 0 Å². The van der Waals surface area contributed by atoms with E-state index >= 15 is 0 Å². The fourth-order valence-corrected chi connectivity index (χ4v) is 1.61. The molecule has 0 bridgehead atoms. The second-order valence-corrected chi connectivity index (χ2v) is 3.67. The minimum atomic E-state index is -0.398. The molecule has 0 aromatic carbocycles. The number of carbonyl (C=O) groups excluding carboxylic acids is 1. The molecule has 7 nitrogen and oxygen atoms in total. The predicted octanol–water partition coefficient (Wildman–Crippen LogP) is -0.785. The summed E-state index contributed by atoms with van der Waals surface area (Å²) in [6.07, 6.45) is 0.127. The average molecular weight is 226 g/mol. The van der Waals surface area contributed by atoms with E-state index in [4.69, 9.17) is 4.52 Å². The Hall–Kier alpha value is -1.47. The molecule has 7 heteroatoms. The number of nitrogens with one attached hydrogen (secondary N) is 2. The molecule has 0 spiro atoms. The van der Waals surface area contributed by atoms with Gasteiger partial charge in [-0.25, -0.2) is 0 Å². The maximum absolute atomic E-state index is 11.4. The van der Waals surface area contributed by atoms with Crippen LogP contribution >= 0.6 is 0 Å². The molecule has 1 fully saturated rings. The van der Waals surface area contributed by atoms with Crippen molar-refractivity contribution in [1.82, 2.24) is 20.8 Å². The molecule has 2 atom stereocenters. The topological polar surface area (TPSA) is 100 Å². The average Bonchev–Trinajstić information content (AvgIpc) is 2.85. The number of hydrogen-bond donors (Lipinski definition) is 3. The van der Waals surface area contributed by atoms with Gasteiger partial charge in [-0.3, -0.25) is 4.79 Å². The maximum Gasteiger partial charge on any atom is 0.292 e. The zero-order chi connectivity index (χ0) is 11.5. The van der Waals surface area contributed by atoms with Gasteiger partial charge >= 0.3 is 0 Å². The first-order valence-corrected chi connectivity index (χ1v) is 5.24. The van der Waals surface area contributed by atoms with Crippen LogP contribution in [-0.4, -0.2) is 40.3 Å². The minimum Gasteiger partial charge on any atom is -0.392 e. The predicted molar refractivity (Wildman–Crippen MR) is 53.7 cm³/mol. The molecule has 1 aliphatic heterocycles. The molecular formula is C9H14N4O3. The van der Waals surface area contributed by atoms with E-state index in [-0.39, 0.29) is 17.8 Å². The van der Waals surface area contributed by atoms with E-state index in [0.717, 1.165) is 0 Å². The van der Waals surface area contributed by atoms with Gasteiger partial charge in [0.2, 0.25) is 5.89 Å². The van der Waals surface area contributed by atoms with E-state index < -0.39 is 6.10 Å². The maximum atomic E-state index is 11.4. The first-order valence-electron chi connectivity index (χ1n) is 5.24. The Kier molecular flexibility index (Phi) is 3.16. The summed E-state index contributed by atoms with van der Waals surface area (Å²) in [5.41, 5.74) is 0. The van der Waals surface area contributed by atoms with Crippen molar-refractivity contribution in [2.75, 3.05) is 13.1 Å². The Balaban J connectivity index is 2.04. The molecule has 1 aromatic heterocycles. The van der Waals surface area contributed by atoms with Crippen LogP contribution < -0.4 is 10.6 Å². The van der Waals surface area contributed by atoms with Gasteiger partial charge in [-0.2, -0.15) is 4.98 Å². The van der Waals surface area contributed by atoms with Crippen molar-refractivity contribution < 1.29 is 14.4 Å². The van der Waals surface area contributed by atoms with Crippen LogP contribution in [0.5, 0.6) is 0 Å². The van der Waals surface area contributed by atoms with Gasteiger partial charge in [0.15, 0.2) is 0 Å². The van der Waals surface area contributed by atoms with Gasteiger partial charge in [-0.05, 0) is 13.3 Å². The molecular weight excluding hydrogens is 212 g/mol. The number of aliphatic hydroxyl groups excluding tert-OH is 1. The van der Waals surface area contributed by atoms with Gasteiger partial charge in [0.05, 0.1) is 12.1 Å². The van der Waals surface area contributed by atoms with Crippen molar-refractivity contribution in [1.29, 1.82) is 0 Å². The first kappa shape index (κ1) is 11.0. The Morgan fingerprint density at radius 3 is 3.19 bits per heavy atom. The largest absolute Gasteiger partial charge is 0.392 e. The van der Waals surface area contributed by atoms with Crippen molar-refractivity contribution in [3.63, 3.8) is 0 Å². The zero-order valence-corrected chi connectivity index (χ0v) is 8.93. The minimum absolute atomic E-state index is 0.0278. The van der Waals surface area contributed by atoms with Gasteiger partial charge in [-0.1, -0.05) is 5.16 Å². The highest BCUT2D eigenvalue weighted by molar-refractivity contribution is 5.90. The molecule has 1 aliphatic rings. The number of nitrogens with zero attached hydrogens (tertiary/aromatic N) is 2. The van der Waals surface area contributed by atoms with Gasteiger partial charge in [0.1, 0.15) is 0 Å². The lowest BCUT2D eigenvalue weighted by Crippen LogP contribution is -2.24. The van der Waals surface area contributed by atoms with Crippen molar-refractivity contribution >= 4 is 5.91 Å². The third-order valence-corrected chi connectivity index (χ3v) is 2.39. The van der Waals surface area contributed by atoms with E-state index in [1.165, 1.54) is 0 Å². The molecule has 0 aliphatic carbocycles. The van der Waals surface area contributed by atoms with Crippen LogP contribution in [0.3, 0.4) is 0 Å². The summed E-state index contributed by atoms with van der Waals surface area (Å²) in [4.78, 5) is 15.4. The summed E-state index contributed by atoms with van der Waals surface area (Å²) in [6.45, 7) is 2.83. The lowest BCUT2D eigenvalue weighted by atomic mass is 10.2. The van der Waals surface area contributed by atoms with E-state index in [2.05, 4.69) is 20.8 Å². The van der Waals surface area contributed by atoms with Crippen molar-refractivity contribution in [3.8, 4) is 0 Å². The van der Waals surface area contributed by atoms with Gasteiger partial charge in [0, 0.05) is 13.1 Å². The lowest BCUT2D eigenvalue weighted by molar-refractivity contribution is 0.0942. The van der Waals surface area contributed by atoms with E-state index in [1.54, 1.807) is 0 Å². The molecule has 0 radical (unpaired) electrons. The molecule has 2 rings (SSSR count). The number of carbonyl (C=O) groups is 1. The molecule has 1 saturated heterocycles. The van der Waals surface area contributed by atoms with Crippen molar-refractivity contribution in [2.45, 2.75) is 25.5 Å². The summed E-state index contributed by atoms with van der Waals surface area (Å²) in [5.74, 6) is 0.0221. The smallest absolute Gasteiger partial charge is 0.292 e. The number of β-amino-alcohol motifs (C(OH)–C–C–N with tert-alkyl or cyclic N) is 1. The molecule has 2 heterocycles. The fraction of sp³-hybridized carbons (Fsp3) is 0.667. The number of amides is 1. The van der Waals surface area contributed by atoms with Gasteiger partial charge in [-0.15, -0.1) is 0 Å². The normalized spacial score (nSPS) is 24.6. The first-order chi connectivity index (χ1) is 7.70. The second kappa shape index (κ2) is 4.58. The number of aromatic nitrogens is 2. The SMILES string of the molecule is CCNC(=O)c1noc([C@@H]2CC(O)CN2)n1. The molecule has 16 heavy (non-hydrogen) atoms. The standard InChI is InChI=1S/C9H14N4O3/c1-2-10-8(15)7-12-9(16-13-7)6-3-5(14)4-11-6/h5-6,11,14H,2-4H2,1H3,(H,10,15)/t5?,6-/m0/s1. The summed E-state index contributed by atoms with van der Waals surface area (Å²) in [7, 11) is 0. The molecule has 88 valence electrons. The van der Waals surface area contributed by atoms with Gasteiger partial charge in [0.25, 0.3) is 11.7 Å². The Labute approximate surface area is 92.2 Å². The Morgan fingerprint density at radius 2 is 2.56 bits per heavy atom. The third kappa shape index (κ3) is 2.20. The van der Waals surface area contributed by atoms with E-state index in [1.807, 2.05) is 6.92 Å². The number of hydrogen-bond acceptors (Lipinski definition) is 6. The molecule has 0 saturated carbocycles. The highest BCUT2D eigenvalue weighted by Gasteiger charge is 2.28. The molecule has 1 unspecified atom stereocenters. The van der Waals surface area contributed by atoms with Crippen LogP contribution in [0.1, 0.15) is 35.9 Å². The van der Waals surface area contributed by atoms with Crippen LogP contribution in [0, 0.1) is 0 Å². The van der Waals surface area contributed by atoms with Crippen LogP contribution in [0.25, 0.3) is 0 Å². The van der Waals surface area contributed by atoms with Crippen LogP contribution in [0.15, 0.2) is 4.52 Å². The zero-order valence-electron chi connectivity index (χ0n) is 8.93. The van der Waals surface area contributed by atoms with Gasteiger partial charge < -0.3 is 20.3 Å². The van der Waals surface area contributed by atoms with Crippen LogP contribution in [0.2, 0.25) is 0 Å². The van der Waals surface area contributed by atoms with E-state index in [0.29, 0.717) is 25.4 Å². The molecule has 1 amide bonds. The van der Waals surface area contributed by atoms with E-state index in [9.17, 15) is 9.90 Å². The molecule has 3 N–H and O–H groups in total.